The standard InChI is InChI=1S/C23H15F4N5O3/c24-13-6-7-16(28-9-13)19(33)18(15-2-1-3-17(25)29-15)32-10-12-5-4-11(8-14(12)23(32)34)21-30-31-22(35-21)20(26)27/h1-9,18-20,33H,10H2/t18-,19+/m1/s1. The lowest BCUT2D eigenvalue weighted by Gasteiger charge is -2.31. The summed E-state index contributed by atoms with van der Waals surface area (Å²) in [5.41, 5.74) is 1.13. The number of hydrogen-bond acceptors (Lipinski definition) is 7. The van der Waals surface area contributed by atoms with Crippen LogP contribution in [0.15, 0.2) is 59.1 Å². The van der Waals surface area contributed by atoms with Gasteiger partial charge in [-0.2, -0.15) is 13.2 Å². The van der Waals surface area contributed by atoms with Gasteiger partial charge in [-0.25, -0.2) is 9.37 Å². The third kappa shape index (κ3) is 4.23. The number of amides is 1. The average molecular weight is 485 g/mol. The number of benzene rings is 1. The van der Waals surface area contributed by atoms with Crippen molar-refractivity contribution in [3.8, 4) is 11.5 Å². The molecule has 4 heterocycles. The smallest absolute Gasteiger partial charge is 0.314 e. The maximum Gasteiger partial charge on any atom is 0.314 e. The summed E-state index contributed by atoms with van der Waals surface area (Å²) in [6.07, 6.45) is -3.49. The number of carbonyl (C=O) groups is 1. The van der Waals surface area contributed by atoms with Crippen LogP contribution in [0.25, 0.3) is 11.5 Å². The first kappa shape index (κ1) is 22.6. The number of fused-ring (bicyclic) bond motifs is 1. The fourth-order valence-electron chi connectivity index (χ4n) is 3.93. The Morgan fingerprint density at radius 1 is 1.03 bits per heavy atom. The Morgan fingerprint density at radius 2 is 1.86 bits per heavy atom. The van der Waals surface area contributed by atoms with Gasteiger partial charge >= 0.3 is 6.43 Å². The van der Waals surface area contributed by atoms with Gasteiger partial charge in [-0.15, -0.1) is 10.2 Å². The van der Waals surface area contributed by atoms with Crippen LogP contribution in [0.3, 0.4) is 0 Å². The van der Waals surface area contributed by atoms with Crippen LogP contribution in [-0.2, 0) is 6.54 Å². The topological polar surface area (TPSA) is 105 Å². The molecule has 0 fully saturated rings. The molecular formula is C23H15F4N5O3. The third-order valence-corrected chi connectivity index (χ3v) is 5.54. The number of aliphatic hydroxyl groups is 1. The quantitative estimate of drug-likeness (QED) is 0.323. The van der Waals surface area contributed by atoms with E-state index in [2.05, 4.69) is 20.2 Å². The van der Waals surface area contributed by atoms with E-state index in [0.29, 0.717) is 5.56 Å². The average Bonchev–Trinajstić information content (AvgIpc) is 3.46. The molecule has 12 heteroatoms. The molecule has 1 aliphatic heterocycles. The molecule has 0 saturated heterocycles. The number of carbonyl (C=O) groups excluding carboxylic acids is 1. The van der Waals surface area contributed by atoms with Gasteiger partial charge < -0.3 is 14.4 Å². The number of pyridine rings is 2. The highest BCUT2D eigenvalue weighted by Crippen LogP contribution is 2.39. The van der Waals surface area contributed by atoms with Crippen LogP contribution in [0, 0.1) is 11.8 Å². The van der Waals surface area contributed by atoms with Gasteiger partial charge in [0.15, 0.2) is 0 Å². The van der Waals surface area contributed by atoms with Crippen LogP contribution in [0.5, 0.6) is 0 Å². The highest BCUT2D eigenvalue weighted by molar-refractivity contribution is 5.99. The van der Waals surface area contributed by atoms with Gasteiger partial charge in [-0.3, -0.25) is 9.78 Å². The molecule has 1 N–H and O–H groups in total. The number of hydrogen-bond donors (Lipinski definition) is 1. The molecule has 2 atom stereocenters. The molecule has 178 valence electrons. The summed E-state index contributed by atoms with van der Waals surface area (Å²) >= 11 is 0. The SMILES string of the molecule is O=C1c2cc(-c3nnc(C(F)F)o3)ccc2CN1[C@H](c1cccc(F)n1)[C@@H](O)c1ccc(F)cn1. The van der Waals surface area contributed by atoms with E-state index in [4.69, 9.17) is 4.42 Å². The van der Waals surface area contributed by atoms with Crippen LogP contribution in [0.1, 0.15) is 51.8 Å². The van der Waals surface area contributed by atoms with Crippen molar-refractivity contribution in [3.05, 3.63) is 94.9 Å². The monoisotopic (exact) mass is 485 g/mol. The lowest BCUT2D eigenvalue weighted by atomic mass is 10.0. The molecule has 8 nitrogen and oxygen atoms in total. The van der Waals surface area contributed by atoms with E-state index in [1.165, 1.54) is 35.2 Å². The minimum Gasteiger partial charge on any atom is -0.415 e. The molecule has 4 aromatic rings. The molecule has 35 heavy (non-hydrogen) atoms. The van der Waals surface area contributed by atoms with Gasteiger partial charge in [0.1, 0.15) is 18.0 Å². The van der Waals surface area contributed by atoms with E-state index in [0.717, 1.165) is 18.3 Å². The van der Waals surface area contributed by atoms with Crippen LogP contribution in [-0.4, -0.2) is 36.1 Å². The predicted molar refractivity (Wildman–Crippen MR) is 111 cm³/mol. The predicted octanol–water partition coefficient (Wildman–Crippen LogP) is 4.17. The van der Waals surface area contributed by atoms with Gasteiger partial charge in [-0.1, -0.05) is 12.1 Å². The van der Waals surface area contributed by atoms with Crippen molar-refractivity contribution in [3.63, 3.8) is 0 Å². The van der Waals surface area contributed by atoms with Crippen LogP contribution >= 0.6 is 0 Å². The number of aliphatic hydroxyl groups excluding tert-OH is 1. The Bertz CT molecular complexity index is 1400. The molecular weight excluding hydrogens is 470 g/mol. The Labute approximate surface area is 194 Å². The van der Waals surface area contributed by atoms with E-state index < -0.39 is 42.1 Å². The largest absolute Gasteiger partial charge is 0.415 e. The highest BCUT2D eigenvalue weighted by Gasteiger charge is 2.39. The van der Waals surface area contributed by atoms with Gasteiger partial charge in [0.25, 0.3) is 11.8 Å². The van der Waals surface area contributed by atoms with Crippen LogP contribution in [0.4, 0.5) is 17.6 Å². The minimum atomic E-state index is -2.94. The van der Waals surface area contributed by atoms with E-state index >= 15 is 0 Å². The Balaban J connectivity index is 1.52. The lowest BCUT2D eigenvalue weighted by Crippen LogP contribution is -2.34. The number of halogens is 4. The number of alkyl halides is 2. The first-order chi connectivity index (χ1) is 16.8. The van der Waals surface area contributed by atoms with Crippen molar-refractivity contribution < 1.29 is 31.9 Å². The Morgan fingerprint density at radius 3 is 2.54 bits per heavy atom. The molecule has 0 unspecified atom stereocenters. The van der Waals surface area contributed by atoms with Crippen molar-refractivity contribution in [1.29, 1.82) is 0 Å². The van der Waals surface area contributed by atoms with E-state index in [9.17, 15) is 27.5 Å². The maximum absolute atomic E-state index is 14.0. The van der Waals surface area contributed by atoms with Crippen molar-refractivity contribution in [2.24, 2.45) is 0 Å². The molecule has 1 aliphatic rings. The van der Waals surface area contributed by atoms with Crippen molar-refractivity contribution in [2.45, 2.75) is 25.1 Å². The highest BCUT2D eigenvalue weighted by atomic mass is 19.3. The van der Waals surface area contributed by atoms with Crippen LogP contribution < -0.4 is 0 Å². The van der Waals surface area contributed by atoms with Gasteiger partial charge in [0, 0.05) is 17.7 Å². The van der Waals surface area contributed by atoms with Crippen molar-refractivity contribution in [1.82, 2.24) is 25.1 Å². The normalized spacial score (nSPS) is 14.9. The van der Waals surface area contributed by atoms with E-state index in [-0.39, 0.29) is 35.0 Å². The summed E-state index contributed by atoms with van der Waals surface area (Å²) in [6, 6.07) is 9.69. The second-order valence-electron chi connectivity index (χ2n) is 7.73. The molecule has 5 rings (SSSR count). The summed E-state index contributed by atoms with van der Waals surface area (Å²) in [5.74, 6) is -3.00. The number of aromatic nitrogens is 4. The van der Waals surface area contributed by atoms with E-state index in [1.807, 2.05) is 0 Å². The van der Waals surface area contributed by atoms with Gasteiger partial charge in [0.2, 0.25) is 11.8 Å². The molecule has 1 aromatic carbocycles. The summed E-state index contributed by atoms with van der Waals surface area (Å²) in [6.45, 7) is 0.0294. The Kier molecular flexibility index (Phi) is 5.73. The zero-order valence-corrected chi connectivity index (χ0v) is 17.6. The molecule has 0 aliphatic carbocycles. The summed E-state index contributed by atoms with van der Waals surface area (Å²) < 4.78 is 57.9. The molecule has 0 spiro atoms. The molecule has 0 bridgehead atoms. The summed E-state index contributed by atoms with van der Waals surface area (Å²) in [5, 5.41) is 18.0. The molecule has 0 radical (unpaired) electrons. The second-order valence-corrected chi connectivity index (χ2v) is 7.73. The van der Waals surface area contributed by atoms with Crippen molar-refractivity contribution in [2.75, 3.05) is 0 Å². The number of nitrogens with zero attached hydrogens (tertiary/aromatic N) is 5. The third-order valence-electron chi connectivity index (χ3n) is 5.54. The minimum absolute atomic E-state index is 0.0294. The first-order valence-electron chi connectivity index (χ1n) is 10.3. The first-order valence-corrected chi connectivity index (χ1v) is 10.3. The Hall–Kier alpha value is -4.19. The fraction of sp³-hybridized carbons (Fsp3) is 0.174. The zero-order valence-electron chi connectivity index (χ0n) is 17.6. The fourth-order valence-corrected chi connectivity index (χ4v) is 3.93. The number of rotatable bonds is 6. The lowest BCUT2D eigenvalue weighted by molar-refractivity contribution is 0.0329. The summed E-state index contributed by atoms with van der Waals surface area (Å²) in [4.78, 5) is 22.4. The second kappa shape index (κ2) is 8.87. The zero-order chi connectivity index (χ0) is 24.7. The van der Waals surface area contributed by atoms with Crippen molar-refractivity contribution >= 4 is 5.91 Å². The molecule has 1 amide bonds. The molecule has 0 saturated carbocycles. The van der Waals surface area contributed by atoms with Crippen LogP contribution in [0.2, 0.25) is 0 Å². The maximum atomic E-state index is 14.0. The summed E-state index contributed by atoms with van der Waals surface area (Å²) in [7, 11) is 0. The molecule has 3 aromatic heterocycles. The van der Waals surface area contributed by atoms with E-state index in [1.54, 1.807) is 6.07 Å². The van der Waals surface area contributed by atoms with Gasteiger partial charge in [-0.05, 0) is 42.0 Å². The van der Waals surface area contributed by atoms with Gasteiger partial charge in [0.05, 0.1) is 17.6 Å².